The molecule has 124 valence electrons. The Morgan fingerprint density at radius 1 is 1.33 bits per heavy atom. The number of nitriles is 1. The van der Waals surface area contributed by atoms with Gasteiger partial charge in [0.1, 0.15) is 22.5 Å². The van der Waals surface area contributed by atoms with Crippen LogP contribution in [0.15, 0.2) is 23.2 Å². The van der Waals surface area contributed by atoms with Gasteiger partial charge in [0.05, 0.1) is 10.9 Å². The molecular formula is C17H17ClN4OS. The molecule has 0 fully saturated rings. The van der Waals surface area contributed by atoms with Crippen molar-refractivity contribution in [1.82, 2.24) is 9.97 Å². The Bertz CT molecular complexity index is 832. The fourth-order valence-electron chi connectivity index (χ4n) is 2.08. The number of amides is 1. The molecule has 0 aliphatic rings. The third-order valence-electron chi connectivity index (χ3n) is 3.40. The van der Waals surface area contributed by atoms with Crippen molar-refractivity contribution in [2.24, 2.45) is 0 Å². The minimum absolute atomic E-state index is 0.178. The maximum Gasteiger partial charge on any atom is 0.237 e. The predicted molar refractivity (Wildman–Crippen MR) is 96.4 cm³/mol. The van der Waals surface area contributed by atoms with Crippen LogP contribution in [0, 0.1) is 32.1 Å². The van der Waals surface area contributed by atoms with Crippen molar-refractivity contribution in [2.45, 2.75) is 38.0 Å². The van der Waals surface area contributed by atoms with E-state index in [1.54, 1.807) is 32.9 Å². The highest BCUT2D eigenvalue weighted by molar-refractivity contribution is 8.00. The third kappa shape index (κ3) is 4.25. The molecule has 1 N–H and O–H groups in total. The summed E-state index contributed by atoms with van der Waals surface area (Å²) in [6.07, 6.45) is 0. The smallest absolute Gasteiger partial charge is 0.237 e. The maximum absolute atomic E-state index is 12.4. The highest BCUT2D eigenvalue weighted by Gasteiger charge is 2.20. The summed E-state index contributed by atoms with van der Waals surface area (Å²) in [6.45, 7) is 7.19. The summed E-state index contributed by atoms with van der Waals surface area (Å²) in [5, 5.41) is 12.8. The Labute approximate surface area is 150 Å². The molecule has 0 radical (unpaired) electrons. The Morgan fingerprint density at radius 3 is 2.71 bits per heavy atom. The number of aromatic nitrogens is 2. The molecule has 0 aliphatic heterocycles. The first-order valence-corrected chi connectivity index (χ1v) is 8.56. The summed E-state index contributed by atoms with van der Waals surface area (Å²) in [5.74, 6) is 0.399. The van der Waals surface area contributed by atoms with E-state index in [1.165, 1.54) is 11.8 Å². The molecule has 0 aliphatic carbocycles. The van der Waals surface area contributed by atoms with Crippen molar-refractivity contribution in [1.29, 1.82) is 5.26 Å². The second-order valence-corrected chi connectivity index (χ2v) is 7.12. The lowest BCUT2D eigenvalue weighted by atomic mass is 10.2. The van der Waals surface area contributed by atoms with Gasteiger partial charge in [-0.15, -0.1) is 0 Å². The SMILES string of the molecule is Cc1nc(C)c(C#N)c(SC(C)C(=O)Nc2cc(Cl)ccc2C)n1. The van der Waals surface area contributed by atoms with Crippen molar-refractivity contribution in [3.05, 3.63) is 45.9 Å². The summed E-state index contributed by atoms with van der Waals surface area (Å²) < 4.78 is 0. The minimum atomic E-state index is -0.427. The summed E-state index contributed by atoms with van der Waals surface area (Å²) in [5.41, 5.74) is 2.63. The fourth-order valence-corrected chi connectivity index (χ4v) is 3.25. The van der Waals surface area contributed by atoms with E-state index < -0.39 is 5.25 Å². The van der Waals surface area contributed by atoms with E-state index in [-0.39, 0.29) is 5.91 Å². The van der Waals surface area contributed by atoms with Crippen molar-refractivity contribution >= 4 is 35.0 Å². The normalized spacial score (nSPS) is 11.7. The van der Waals surface area contributed by atoms with Crippen LogP contribution in [0.4, 0.5) is 5.69 Å². The van der Waals surface area contributed by atoms with Gasteiger partial charge in [-0.2, -0.15) is 5.26 Å². The fraction of sp³-hybridized carbons (Fsp3) is 0.294. The highest BCUT2D eigenvalue weighted by atomic mass is 35.5. The molecule has 1 unspecified atom stereocenters. The monoisotopic (exact) mass is 360 g/mol. The van der Waals surface area contributed by atoms with Crippen LogP contribution in [-0.4, -0.2) is 21.1 Å². The van der Waals surface area contributed by atoms with E-state index in [0.717, 1.165) is 5.56 Å². The zero-order valence-corrected chi connectivity index (χ0v) is 15.4. The van der Waals surface area contributed by atoms with E-state index in [1.807, 2.05) is 13.0 Å². The Balaban J connectivity index is 2.18. The second kappa shape index (κ2) is 7.65. The van der Waals surface area contributed by atoms with Crippen LogP contribution in [0.5, 0.6) is 0 Å². The lowest BCUT2D eigenvalue weighted by Crippen LogP contribution is -2.23. The number of nitrogens with one attached hydrogen (secondary N) is 1. The molecule has 24 heavy (non-hydrogen) atoms. The summed E-state index contributed by atoms with van der Waals surface area (Å²) in [6, 6.07) is 7.44. The molecule has 0 bridgehead atoms. The van der Waals surface area contributed by atoms with Crippen LogP contribution < -0.4 is 5.32 Å². The predicted octanol–water partition coefficient (Wildman–Crippen LogP) is 4.05. The molecular weight excluding hydrogens is 344 g/mol. The number of carbonyl (C=O) groups is 1. The van der Waals surface area contributed by atoms with Crippen molar-refractivity contribution in [3.8, 4) is 6.07 Å². The number of carbonyl (C=O) groups excluding carboxylic acids is 1. The standard InChI is InChI=1S/C17H17ClN4OS/c1-9-5-6-13(18)7-15(9)22-16(23)11(3)24-17-14(8-19)10(2)20-12(4)21-17/h5-7,11H,1-4H3,(H,22,23). The maximum atomic E-state index is 12.4. The van der Waals surface area contributed by atoms with Gasteiger partial charge in [-0.3, -0.25) is 4.79 Å². The molecule has 1 amide bonds. The average molecular weight is 361 g/mol. The van der Waals surface area contributed by atoms with Crippen LogP contribution in [0.2, 0.25) is 5.02 Å². The van der Waals surface area contributed by atoms with Gasteiger partial charge in [0.15, 0.2) is 0 Å². The molecule has 0 saturated carbocycles. The van der Waals surface area contributed by atoms with Crippen molar-refractivity contribution < 1.29 is 4.79 Å². The number of anilines is 1. The van der Waals surface area contributed by atoms with E-state index in [4.69, 9.17) is 11.6 Å². The average Bonchev–Trinajstić information content (AvgIpc) is 2.50. The first kappa shape index (κ1) is 18.2. The topological polar surface area (TPSA) is 78.7 Å². The van der Waals surface area contributed by atoms with Gasteiger partial charge < -0.3 is 5.32 Å². The van der Waals surface area contributed by atoms with Gasteiger partial charge in [-0.25, -0.2) is 9.97 Å². The van der Waals surface area contributed by atoms with Crippen LogP contribution in [0.1, 0.15) is 29.6 Å². The van der Waals surface area contributed by atoms with E-state index in [0.29, 0.717) is 32.8 Å². The number of hydrogen-bond donors (Lipinski definition) is 1. The second-order valence-electron chi connectivity index (χ2n) is 5.36. The van der Waals surface area contributed by atoms with E-state index in [9.17, 15) is 10.1 Å². The number of aryl methyl sites for hydroxylation is 3. The van der Waals surface area contributed by atoms with Gasteiger partial charge in [-0.1, -0.05) is 29.4 Å². The first-order chi connectivity index (χ1) is 11.3. The van der Waals surface area contributed by atoms with Crippen LogP contribution in [-0.2, 0) is 4.79 Å². The zero-order valence-electron chi connectivity index (χ0n) is 13.8. The van der Waals surface area contributed by atoms with Crippen molar-refractivity contribution in [3.63, 3.8) is 0 Å². The third-order valence-corrected chi connectivity index (χ3v) is 4.72. The van der Waals surface area contributed by atoms with E-state index in [2.05, 4.69) is 21.4 Å². The molecule has 1 heterocycles. The van der Waals surface area contributed by atoms with Gasteiger partial charge in [-0.05, 0) is 45.4 Å². The number of rotatable bonds is 4. The molecule has 7 heteroatoms. The van der Waals surface area contributed by atoms with Gasteiger partial charge in [0.2, 0.25) is 5.91 Å². The molecule has 5 nitrogen and oxygen atoms in total. The van der Waals surface area contributed by atoms with Crippen molar-refractivity contribution in [2.75, 3.05) is 5.32 Å². The Hall–Kier alpha value is -2.10. The van der Waals surface area contributed by atoms with E-state index >= 15 is 0 Å². The number of thioether (sulfide) groups is 1. The van der Waals surface area contributed by atoms with Crippen LogP contribution >= 0.6 is 23.4 Å². The largest absolute Gasteiger partial charge is 0.325 e. The molecule has 1 aromatic carbocycles. The van der Waals surface area contributed by atoms with Gasteiger partial charge >= 0.3 is 0 Å². The summed E-state index contributed by atoms with van der Waals surface area (Å²) >= 11 is 7.22. The van der Waals surface area contributed by atoms with Gasteiger partial charge in [0.25, 0.3) is 0 Å². The number of benzene rings is 1. The summed E-state index contributed by atoms with van der Waals surface area (Å²) in [7, 11) is 0. The lowest BCUT2D eigenvalue weighted by Gasteiger charge is -2.14. The summed E-state index contributed by atoms with van der Waals surface area (Å²) in [4.78, 5) is 20.9. The minimum Gasteiger partial charge on any atom is -0.325 e. The van der Waals surface area contributed by atoms with Gasteiger partial charge in [0, 0.05) is 10.7 Å². The molecule has 2 rings (SSSR count). The van der Waals surface area contributed by atoms with Crippen LogP contribution in [0.3, 0.4) is 0 Å². The molecule has 0 spiro atoms. The molecule has 1 aromatic heterocycles. The molecule has 0 saturated heterocycles. The number of halogens is 1. The number of nitrogens with zero attached hydrogens (tertiary/aromatic N) is 3. The Morgan fingerprint density at radius 2 is 2.04 bits per heavy atom. The quantitative estimate of drug-likeness (QED) is 0.657. The molecule has 2 aromatic rings. The first-order valence-electron chi connectivity index (χ1n) is 7.31. The number of hydrogen-bond acceptors (Lipinski definition) is 5. The highest BCUT2D eigenvalue weighted by Crippen LogP contribution is 2.28. The van der Waals surface area contributed by atoms with Crippen LogP contribution in [0.25, 0.3) is 0 Å². The lowest BCUT2D eigenvalue weighted by molar-refractivity contribution is -0.115. The Kier molecular flexibility index (Phi) is 5.81. The molecule has 1 atom stereocenters. The zero-order chi connectivity index (χ0) is 17.9.